The number of phenolic OH excluding ortho intramolecular Hbond substituents is 1. The Morgan fingerprint density at radius 3 is 2.63 bits per heavy atom. The highest BCUT2D eigenvalue weighted by Crippen LogP contribution is 2.41. The van der Waals surface area contributed by atoms with Crippen molar-refractivity contribution in [3.8, 4) is 17.4 Å². The van der Waals surface area contributed by atoms with Gasteiger partial charge in [-0.25, -0.2) is 4.98 Å². The van der Waals surface area contributed by atoms with Crippen LogP contribution in [0.15, 0.2) is 54.7 Å². The molecule has 5 nitrogen and oxygen atoms in total. The number of aromatic nitrogens is 1. The lowest BCUT2D eigenvalue weighted by Gasteiger charge is -2.19. The van der Waals surface area contributed by atoms with Gasteiger partial charge in [0.25, 0.3) is 0 Å². The predicted octanol–water partition coefficient (Wildman–Crippen LogP) is 6.85. The quantitative estimate of drug-likeness (QED) is 0.354. The Balaban J connectivity index is 0.00000336. The Kier molecular flexibility index (Phi) is 9.05. The number of likely N-dealkylation sites (tertiary alicyclic amines) is 1. The monoisotopic (exact) mass is 518 g/mol. The fourth-order valence-corrected chi connectivity index (χ4v) is 5.61. The lowest BCUT2D eigenvalue weighted by Crippen LogP contribution is -2.26. The van der Waals surface area contributed by atoms with Crippen LogP contribution in [-0.4, -0.2) is 54.5 Å². The Morgan fingerprint density at radius 2 is 1.89 bits per heavy atom. The third-order valence-electron chi connectivity index (χ3n) is 7.39. The van der Waals surface area contributed by atoms with E-state index in [-0.39, 0.29) is 20.2 Å². The zero-order valence-corrected chi connectivity index (χ0v) is 21.7. The van der Waals surface area contributed by atoms with E-state index in [2.05, 4.69) is 28.1 Å². The molecule has 38 heavy (non-hydrogen) atoms. The number of phenols is 1. The van der Waals surface area contributed by atoms with E-state index >= 15 is 0 Å². The molecule has 1 saturated heterocycles. The Labute approximate surface area is 225 Å². The van der Waals surface area contributed by atoms with Crippen LogP contribution in [0.3, 0.4) is 0 Å². The van der Waals surface area contributed by atoms with Crippen molar-refractivity contribution >= 4 is 11.1 Å². The van der Waals surface area contributed by atoms with Crippen molar-refractivity contribution in [2.75, 3.05) is 33.4 Å². The van der Waals surface area contributed by atoms with Crippen molar-refractivity contribution in [3.63, 3.8) is 0 Å². The minimum atomic E-state index is -0.268. The molecule has 0 unspecified atom stereocenters. The Morgan fingerprint density at radius 1 is 1.08 bits per heavy atom. The number of halogens is 1. The van der Waals surface area contributed by atoms with Gasteiger partial charge in [-0.05, 0) is 103 Å². The van der Waals surface area contributed by atoms with Gasteiger partial charge in [-0.15, -0.1) is 0 Å². The standard InChI is InChI=1S/C31H35FN2O3.CH4/c1-21-17-24(19-33-31(21)36-2)28-6-3-5-23-18-25(35)9-12-29(23)30(28)22-7-10-26(11-8-22)37-27-13-16-34(20-27)15-4-14-32;/h7-12,17-19,27,35H,3-6,13-16,20H2,1-2H3;1H4/t27-;/m0./s1. The molecule has 1 aromatic heterocycles. The van der Waals surface area contributed by atoms with Gasteiger partial charge in [-0.3, -0.25) is 9.29 Å². The molecule has 0 saturated carbocycles. The smallest absolute Gasteiger partial charge is 0.215 e. The molecule has 1 N–H and O–H groups in total. The molecule has 5 rings (SSSR count). The van der Waals surface area contributed by atoms with Crippen molar-refractivity contribution < 1.29 is 19.0 Å². The van der Waals surface area contributed by atoms with Gasteiger partial charge in [0.2, 0.25) is 5.88 Å². The Hall–Kier alpha value is -3.38. The molecule has 6 heteroatoms. The molecule has 1 aliphatic carbocycles. The van der Waals surface area contributed by atoms with Crippen molar-refractivity contribution in [1.82, 2.24) is 9.88 Å². The molecular weight excluding hydrogens is 479 g/mol. The third kappa shape index (κ3) is 6.02. The number of aryl methyl sites for hydroxylation is 2. The van der Waals surface area contributed by atoms with Gasteiger partial charge in [-0.2, -0.15) is 0 Å². The molecule has 2 aliphatic rings. The first-order valence-corrected chi connectivity index (χ1v) is 13.2. The van der Waals surface area contributed by atoms with Gasteiger partial charge in [0.15, 0.2) is 0 Å². The maximum absolute atomic E-state index is 12.5. The number of methoxy groups -OCH3 is 1. The summed E-state index contributed by atoms with van der Waals surface area (Å²) < 4.78 is 24.2. The second-order valence-electron chi connectivity index (χ2n) is 9.99. The first kappa shape index (κ1) is 27.6. The predicted molar refractivity (Wildman–Crippen MR) is 152 cm³/mol. The van der Waals surface area contributed by atoms with E-state index in [4.69, 9.17) is 9.47 Å². The summed E-state index contributed by atoms with van der Waals surface area (Å²) in [7, 11) is 1.64. The summed E-state index contributed by atoms with van der Waals surface area (Å²) in [4.78, 5) is 6.83. The number of hydrogen-bond acceptors (Lipinski definition) is 5. The summed E-state index contributed by atoms with van der Waals surface area (Å²) >= 11 is 0. The second kappa shape index (κ2) is 12.4. The fourth-order valence-electron chi connectivity index (χ4n) is 5.61. The van der Waals surface area contributed by atoms with E-state index in [1.807, 2.05) is 37.4 Å². The van der Waals surface area contributed by atoms with Crippen LogP contribution in [0.4, 0.5) is 4.39 Å². The molecule has 3 aromatic rings. The van der Waals surface area contributed by atoms with Crippen LogP contribution in [0.5, 0.6) is 17.4 Å². The van der Waals surface area contributed by atoms with E-state index in [0.717, 1.165) is 78.9 Å². The van der Waals surface area contributed by atoms with Gasteiger partial charge in [0, 0.05) is 31.4 Å². The summed E-state index contributed by atoms with van der Waals surface area (Å²) in [5.74, 6) is 1.79. The number of aromatic hydroxyl groups is 1. The number of allylic oxidation sites excluding steroid dienone is 1. The fraction of sp³-hybridized carbons (Fsp3) is 0.406. The first-order valence-electron chi connectivity index (χ1n) is 13.2. The van der Waals surface area contributed by atoms with E-state index in [1.54, 1.807) is 13.2 Å². The molecule has 2 aromatic carbocycles. The lowest BCUT2D eigenvalue weighted by atomic mass is 9.88. The summed E-state index contributed by atoms with van der Waals surface area (Å²) in [5.41, 5.74) is 7.92. The highest BCUT2D eigenvalue weighted by Gasteiger charge is 2.24. The zero-order valence-electron chi connectivity index (χ0n) is 21.7. The van der Waals surface area contributed by atoms with Crippen molar-refractivity contribution in [1.29, 1.82) is 0 Å². The second-order valence-corrected chi connectivity index (χ2v) is 9.99. The van der Waals surface area contributed by atoms with Crippen molar-refractivity contribution in [2.45, 2.75) is 52.6 Å². The molecule has 2 heterocycles. The molecule has 0 bridgehead atoms. The van der Waals surface area contributed by atoms with Crippen LogP contribution in [0.25, 0.3) is 11.1 Å². The first-order chi connectivity index (χ1) is 18.1. The molecule has 0 amide bonds. The molecule has 1 fully saturated rings. The van der Waals surface area contributed by atoms with Crippen molar-refractivity contribution in [2.24, 2.45) is 0 Å². The highest BCUT2D eigenvalue weighted by atomic mass is 19.1. The van der Waals surface area contributed by atoms with Crippen LogP contribution in [0.2, 0.25) is 0 Å². The number of hydrogen-bond donors (Lipinski definition) is 1. The maximum atomic E-state index is 12.5. The van der Waals surface area contributed by atoms with E-state index in [1.165, 1.54) is 11.1 Å². The molecule has 0 radical (unpaired) electrons. The highest BCUT2D eigenvalue weighted by molar-refractivity contribution is 6.00. The minimum absolute atomic E-state index is 0. The van der Waals surface area contributed by atoms with Crippen molar-refractivity contribution in [3.05, 3.63) is 82.5 Å². The molecule has 202 valence electrons. The average Bonchev–Trinajstić information content (AvgIpc) is 3.26. The number of fused-ring (bicyclic) bond motifs is 1. The summed E-state index contributed by atoms with van der Waals surface area (Å²) in [5, 5.41) is 10.2. The van der Waals surface area contributed by atoms with Crippen LogP contribution in [0, 0.1) is 6.92 Å². The maximum Gasteiger partial charge on any atom is 0.215 e. The average molecular weight is 519 g/mol. The largest absolute Gasteiger partial charge is 0.508 e. The summed E-state index contributed by atoms with van der Waals surface area (Å²) in [6, 6.07) is 16.2. The van der Waals surface area contributed by atoms with Crippen LogP contribution in [-0.2, 0) is 6.42 Å². The van der Waals surface area contributed by atoms with E-state index < -0.39 is 0 Å². The number of alkyl halides is 1. The third-order valence-corrected chi connectivity index (χ3v) is 7.39. The molecule has 0 spiro atoms. The Bertz CT molecular complexity index is 1270. The number of benzene rings is 2. The van der Waals surface area contributed by atoms with E-state index in [0.29, 0.717) is 18.1 Å². The van der Waals surface area contributed by atoms with Crippen LogP contribution >= 0.6 is 0 Å². The van der Waals surface area contributed by atoms with Crippen LogP contribution in [0.1, 0.15) is 60.9 Å². The molecular formula is C32H39FN2O3. The number of pyridine rings is 1. The van der Waals surface area contributed by atoms with Gasteiger partial charge in [-0.1, -0.05) is 25.6 Å². The van der Waals surface area contributed by atoms with Gasteiger partial charge in [0.1, 0.15) is 17.6 Å². The number of rotatable bonds is 8. The zero-order chi connectivity index (χ0) is 25.8. The van der Waals surface area contributed by atoms with Crippen LogP contribution < -0.4 is 9.47 Å². The molecule has 1 atom stereocenters. The summed E-state index contributed by atoms with van der Waals surface area (Å²) in [6.07, 6.45) is 6.39. The normalized spacial score (nSPS) is 17.5. The van der Waals surface area contributed by atoms with Gasteiger partial charge >= 0.3 is 0 Å². The number of nitrogens with zero attached hydrogens (tertiary/aromatic N) is 2. The minimum Gasteiger partial charge on any atom is -0.508 e. The topological polar surface area (TPSA) is 54.8 Å². The number of ether oxygens (including phenoxy) is 2. The van der Waals surface area contributed by atoms with Gasteiger partial charge < -0.3 is 14.6 Å². The lowest BCUT2D eigenvalue weighted by molar-refractivity contribution is 0.198. The van der Waals surface area contributed by atoms with E-state index in [9.17, 15) is 9.50 Å². The molecule has 1 aliphatic heterocycles. The summed E-state index contributed by atoms with van der Waals surface area (Å²) in [6.45, 7) is 4.35. The SMILES string of the molecule is C.COc1ncc(C2=C(c3ccc(O[C@H]4CCN(CCCF)C4)cc3)c3ccc(O)cc3CCC2)cc1C. The van der Waals surface area contributed by atoms with Gasteiger partial charge in [0.05, 0.1) is 13.8 Å².